The van der Waals surface area contributed by atoms with Gasteiger partial charge in [0.25, 0.3) is 0 Å². The largest absolute Gasteiger partial charge is 0.301 e. The lowest BCUT2D eigenvalue weighted by atomic mass is 10.2. The summed E-state index contributed by atoms with van der Waals surface area (Å²) in [5.41, 5.74) is 2.13. The van der Waals surface area contributed by atoms with Crippen molar-refractivity contribution in [3.05, 3.63) is 52.0 Å². The van der Waals surface area contributed by atoms with E-state index in [4.69, 9.17) is 0 Å². The Morgan fingerprint density at radius 1 is 1.30 bits per heavy atom. The van der Waals surface area contributed by atoms with Gasteiger partial charge in [0, 0.05) is 18.7 Å². The van der Waals surface area contributed by atoms with Gasteiger partial charge in [-0.25, -0.2) is 0 Å². The zero-order valence-corrected chi connectivity index (χ0v) is 12.8. The highest BCUT2D eigenvalue weighted by atomic mass is 32.1. The predicted octanol–water partition coefficient (Wildman–Crippen LogP) is 3.55. The molecule has 0 aliphatic rings. The predicted molar refractivity (Wildman–Crippen MR) is 83.2 cm³/mol. The Morgan fingerprint density at radius 2 is 2.15 bits per heavy atom. The van der Waals surface area contributed by atoms with Crippen molar-refractivity contribution in [3.63, 3.8) is 0 Å². The highest BCUT2D eigenvalue weighted by Gasteiger charge is 2.07. The molecule has 0 aromatic carbocycles. The minimum Gasteiger partial charge on any atom is -0.301 e. The first-order valence-electron chi connectivity index (χ1n) is 6.83. The zero-order chi connectivity index (χ0) is 14.4. The summed E-state index contributed by atoms with van der Waals surface area (Å²) in [6, 6.07) is 9.90. The molecule has 0 bridgehead atoms. The van der Waals surface area contributed by atoms with Crippen LogP contribution in [0.3, 0.4) is 0 Å². The number of hydrogen-bond donors (Lipinski definition) is 0. The number of aryl methyl sites for hydroxylation is 1. The molecule has 0 fully saturated rings. The van der Waals surface area contributed by atoms with Crippen molar-refractivity contribution < 1.29 is 4.79 Å². The molecule has 2 heterocycles. The van der Waals surface area contributed by atoms with E-state index >= 15 is 0 Å². The molecule has 0 aliphatic carbocycles. The van der Waals surface area contributed by atoms with Crippen LogP contribution in [0.25, 0.3) is 0 Å². The number of ketones is 1. The highest BCUT2D eigenvalue weighted by Crippen LogP contribution is 2.12. The van der Waals surface area contributed by atoms with E-state index in [2.05, 4.69) is 16.9 Å². The molecule has 0 saturated heterocycles. The topological polar surface area (TPSA) is 33.2 Å². The van der Waals surface area contributed by atoms with Crippen molar-refractivity contribution >= 4 is 17.1 Å². The molecule has 2 aromatic rings. The molecule has 3 nitrogen and oxygen atoms in total. The second-order valence-corrected chi connectivity index (χ2v) is 5.96. The molecule has 0 saturated carbocycles. The van der Waals surface area contributed by atoms with Crippen LogP contribution in [0.5, 0.6) is 0 Å². The fraction of sp³-hybridized carbons (Fsp3) is 0.375. The monoisotopic (exact) mass is 288 g/mol. The smallest absolute Gasteiger partial charge is 0.172 e. The minimum absolute atomic E-state index is 0.252. The standard InChI is InChI=1S/C16H20N2OS/c1-13-6-3-7-14(17-13)12-18(2)10-4-8-15(19)16-9-5-11-20-16/h3,5-7,9,11H,4,8,10,12H2,1-2H3. The lowest BCUT2D eigenvalue weighted by molar-refractivity contribution is 0.0980. The molecule has 0 spiro atoms. The number of thiophene rings is 1. The Hall–Kier alpha value is -1.52. The summed E-state index contributed by atoms with van der Waals surface area (Å²) in [7, 11) is 2.07. The summed E-state index contributed by atoms with van der Waals surface area (Å²) in [4.78, 5) is 19.4. The lowest BCUT2D eigenvalue weighted by Crippen LogP contribution is -2.20. The Balaban J connectivity index is 1.73. The van der Waals surface area contributed by atoms with E-state index in [9.17, 15) is 4.79 Å². The Bertz CT molecular complexity index is 551. The van der Waals surface area contributed by atoms with Crippen LogP contribution in [0.4, 0.5) is 0 Å². The third kappa shape index (κ3) is 4.54. The first-order valence-corrected chi connectivity index (χ1v) is 7.71. The van der Waals surface area contributed by atoms with Gasteiger partial charge in [-0.1, -0.05) is 12.1 Å². The van der Waals surface area contributed by atoms with Gasteiger partial charge in [0.2, 0.25) is 0 Å². The van der Waals surface area contributed by atoms with Gasteiger partial charge in [-0.2, -0.15) is 0 Å². The Labute approximate surface area is 124 Å². The molecule has 0 atom stereocenters. The van der Waals surface area contributed by atoms with Crippen molar-refractivity contribution in [3.8, 4) is 0 Å². The summed E-state index contributed by atoms with van der Waals surface area (Å²) >= 11 is 1.52. The van der Waals surface area contributed by atoms with E-state index in [0.29, 0.717) is 6.42 Å². The number of pyridine rings is 1. The summed E-state index contributed by atoms with van der Waals surface area (Å²) in [6.45, 7) is 3.74. The van der Waals surface area contributed by atoms with Crippen LogP contribution in [0, 0.1) is 6.92 Å². The minimum atomic E-state index is 0.252. The van der Waals surface area contributed by atoms with E-state index in [1.165, 1.54) is 11.3 Å². The van der Waals surface area contributed by atoms with Crippen molar-refractivity contribution in [2.24, 2.45) is 0 Å². The number of carbonyl (C=O) groups is 1. The van der Waals surface area contributed by atoms with Crippen LogP contribution < -0.4 is 0 Å². The van der Waals surface area contributed by atoms with E-state index < -0.39 is 0 Å². The van der Waals surface area contributed by atoms with Gasteiger partial charge in [0.1, 0.15) is 0 Å². The molecule has 2 aromatic heterocycles. The van der Waals surface area contributed by atoms with Gasteiger partial charge < -0.3 is 4.90 Å². The second kappa shape index (κ2) is 7.31. The molecular weight excluding hydrogens is 268 g/mol. The zero-order valence-electron chi connectivity index (χ0n) is 12.0. The van der Waals surface area contributed by atoms with E-state index in [0.717, 1.165) is 35.8 Å². The van der Waals surface area contributed by atoms with Crippen molar-refractivity contribution in [2.75, 3.05) is 13.6 Å². The van der Waals surface area contributed by atoms with Gasteiger partial charge >= 0.3 is 0 Å². The number of hydrogen-bond acceptors (Lipinski definition) is 4. The summed E-state index contributed by atoms with van der Waals surface area (Å²) < 4.78 is 0. The van der Waals surface area contributed by atoms with Crippen molar-refractivity contribution in [1.82, 2.24) is 9.88 Å². The van der Waals surface area contributed by atoms with Gasteiger partial charge in [0.15, 0.2) is 5.78 Å². The van der Waals surface area contributed by atoms with Gasteiger partial charge in [-0.05, 0) is 50.5 Å². The van der Waals surface area contributed by atoms with E-state index in [1.807, 2.05) is 42.6 Å². The summed E-state index contributed by atoms with van der Waals surface area (Å²) in [5, 5.41) is 1.95. The molecule has 4 heteroatoms. The Kier molecular flexibility index (Phi) is 5.44. The lowest BCUT2D eigenvalue weighted by Gasteiger charge is -2.15. The summed E-state index contributed by atoms with van der Waals surface area (Å²) in [6.07, 6.45) is 1.51. The van der Waals surface area contributed by atoms with Crippen LogP contribution in [0.1, 0.15) is 33.9 Å². The van der Waals surface area contributed by atoms with Crippen LogP contribution >= 0.6 is 11.3 Å². The third-order valence-electron chi connectivity index (χ3n) is 3.12. The van der Waals surface area contributed by atoms with Crippen molar-refractivity contribution in [2.45, 2.75) is 26.3 Å². The molecule has 0 radical (unpaired) electrons. The van der Waals surface area contributed by atoms with Crippen LogP contribution in [-0.2, 0) is 6.54 Å². The third-order valence-corrected chi connectivity index (χ3v) is 4.03. The molecular formula is C16H20N2OS. The summed E-state index contributed by atoms with van der Waals surface area (Å²) in [5.74, 6) is 0.252. The first kappa shape index (κ1) is 14.9. The normalized spacial score (nSPS) is 10.9. The van der Waals surface area contributed by atoms with Gasteiger partial charge in [-0.3, -0.25) is 9.78 Å². The fourth-order valence-electron chi connectivity index (χ4n) is 2.11. The fourth-order valence-corrected chi connectivity index (χ4v) is 2.81. The van der Waals surface area contributed by atoms with Crippen LogP contribution in [0.2, 0.25) is 0 Å². The van der Waals surface area contributed by atoms with Crippen LogP contribution in [-0.4, -0.2) is 29.3 Å². The number of carbonyl (C=O) groups excluding carboxylic acids is 1. The SMILES string of the molecule is Cc1cccc(CN(C)CCCC(=O)c2cccs2)n1. The van der Waals surface area contributed by atoms with Gasteiger partial charge in [-0.15, -0.1) is 11.3 Å². The number of Topliss-reactive ketones (excluding diaryl/α,β-unsaturated/α-hetero) is 1. The van der Waals surface area contributed by atoms with Gasteiger partial charge in [0.05, 0.1) is 10.6 Å². The van der Waals surface area contributed by atoms with E-state index in [1.54, 1.807) is 0 Å². The highest BCUT2D eigenvalue weighted by molar-refractivity contribution is 7.12. The molecule has 2 rings (SSSR count). The maximum atomic E-state index is 11.9. The Morgan fingerprint density at radius 3 is 2.85 bits per heavy atom. The molecule has 0 amide bonds. The average molecular weight is 288 g/mol. The quantitative estimate of drug-likeness (QED) is 0.731. The molecule has 0 unspecified atom stereocenters. The van der Waals surface area contributed by atoms with E-state index in [-0.39, 0.29) is 5.78 Å². The average Bonchev–Trinajstić information content (AvgIpc) is 2.92. The van der Waals surface area contributed by atoms with Crippen LogP contribution in [0.15, 0.2) is 35.7 Å². The maximum absolute atomic E-state index is 11.9. The van der Waals surface area contributed by atoms with Crippen molar-refractivity contribution in [1.29, 1.82) is 0 Å². The number of rotatable bonds is 7. The molecule has 0 aliphatic heterocycles. The first-order chi connectivity index (χ1) is 9.65. The number of aromatic nitrogens is 1. The second-order valence-electron chi connectivity index (χ2n) is 5.01. The molecule has 20 heavy (non-hydrogen) atoms. The number of nitrogens with zero attached hydrogens (tertiary/aromatic N) is 2. The maximum Gasteiger partial charge on any atom is 0.172 e. The molecule has 0 N–H and O–H groups in total. The molecule has 106 valence electrons.